The molecule has 0 amide bonds. The van der Waals surface area contributed by atoms with Gasteiger partial charge in [0.05, 0.1) is 31.7 Å². The maximum absolute atomic E-state index is 11.6. The van der Waals surface area contributed by atoms with Gasteiger partial charge in [-0.2, -0.15) is 0 Å². The van der Waals surface area contributed by atoms with Crippen LogP contribution < -0.4 is 11.1 Å². The van der Waals surface area contributed by atoms with Gasteiger partial charge in [0.1, 0.15) is 11.4 Å². The van der Waals surface area contributed by atoms with Crippen LogP contribution in [0.2, 0.25) is 0 Å². The third-order valence-corrected chi connectivity index (χ3v) is 3.36. The summed E-state index contributed by atoms with van der Waals surface area (Å²) in [6.45, 7) is 1.19. The number of carbonyl (C=O) groups is 1. The monoisotopic (exact) mass is 279 g/mol. The zero-order chi connectivity index (χ0) is 14.4. The zero-order valence-electron chi connectivity index (χ0n) is 11.7. The molecule has 1 aliphatic rings. The van der Waals surface area contributed by atoms with E-state index in [1.807, 2.05) is 0 Å². The number of rotatable bonds is 6. The van der Waals surface area contributed by atoms with Gasteiger partial charge in [-0.15, -0.1) is 0 Å². The topological polar surface area (TPSA) is 86.5 Å². The van der Waals surface area contributed by atoms with Gasteiger partial charge in [-0.25, -0.2) is 9.78 Å². The van der Waals surface area contributed by atoms with E-state index in [9.17, 15) is 4.79 Å². The first-order valence-electron chi connectivity index (χ1n) is 6.90. The van der Waals surface area contributed by atoms with E-state index in [1.54, 1.807) is 6.07 Å². The molecule has 6 heteroatoms. The van der Waals surface area contributed by atoms with Gasteiger partial charge in [-0.3, -0.25) is 0 Å². The Labute approximate surface area is 118 Å². The summed E-state index contributed by atoms with van der Waals surface area (Å²) in [5.74, 6) is 0.0186. The lowest BCUT2D eigenvalue weighted by molar-refractivity contribution is 0.0599. The van der Waals surface area contributed by atoms with Crippen LogP contribution >= 0.6 is 0 Å². The van der Waals surface area contributed by atoms with Crippen molar-refractivity contribution in [2.45, 2.75) is 31.8 Å². The molecule has 2 rings (SSSR count). The number of hydrogen-bond acceptors (Lipinski definition) is 6. The normalized spacial score (nSPS) is 15.2. The van der Waals surface area contributed by atoms with Crippen LogP contribution in [0.25, 0.3) is 0 Å². The number of anilines is 2. The average Bonchev–Trinajstić information content (AvgIpc) is 2.97. The maximum atomic E-state index is 11.6. The van der Waals surface area contributed by atoms with E-state index in [4.69, 9.17) is 15.2 Å². The van der Waals surface area contributed by atoms with E-state index in [2.05, 4.69) is 10.3 Å². The number of aromatic nitrogens is 1. The predicted octanol–water partition coefficient (Wildman–Crippen LogP) is 1.82. The fourth-order valence-corrected chi connectivity index (χ4v) is 2.34. The summed E-state index contributed by atoms with van der Waals surface area (Å²) >= 11 is 0. The third kappa shape index (κ3) is 3.84. The van der Waals surface area contributed by atoms with Crippen LogP contribution in [0.4, 0.5) is 11.5 Å². The summed E-state index contributed by atoms with van der Waals surface area (Å²) in [5.41, 5.74) is 6.40. The molecule has 0 aromatic carbocycles. The predicted molar refractivity (Wildman–Crippen MR) is 76.7 cm³/mol. The van der Waals surface area contributed by atoms with Gasteiger partial charge in [0, 0.05) is 6.54 Å². The first-order valence-corrected chi connectivity index (χ1v) is 6.90. The molecule has 0 bridgehead atoms. The summed E-state index contributed by atoms with van der Waals surface area (Å²) in [4.78, 5) is 15.8. The highest BCUT2D eigenvalue weighted by Crippen LogP contribution is 2.21. The zero-order valence-corrected chi connectivity index (χ0v) is 11.7. The Kier molecular flexibility index (Phi) is 5.17. The number of ether oxygens (including phenoxy) is 2. The lowest BCUT2D eigenvalue weighted by Crippen LogP contribution is -2.18. The minimum Gasteiger partial charge on any atom is -0.465 e. The van der Waals surface area contributed by atoms with Gasteiger partial charge in [0.2, 0.25) is 0 Å². The number of nitrogens with zero attached hydrogens (tertiary/aromatic N) is 1. The molecule has 0 saturated heterocycles. The molecule has 0 aliphatic heterocycles. The molecule has 6 nitrogen and oxygen atoms in total. The Bertz CT molecular complexity index is 459. The summed E-state index contributed by atoms with van der Waals surface area (Å²) in [7, 11) is 1.33. The van der Waals surface area contributed by atoms with Crippen LogP contribution in [0.3, 0.4) is 0 Å². The van der Waals surface area contributed by atoms with Gasteiger partial charge in [0.25, 0.3) is 0 Å². The van der Waals surface area contributed by atoms with E-state index < -0.39 is 5.97 Å². The third-order valence-electron chi connectivity index (χ3n) is 3.36. The Balaban J connectivity index is 1.86. The second-order valence-electron chi connectivity index (χ2n) is 4.86. The van der Waals surface area contributed by atoms with Gasteiger partial charge in [-0.1, -0.05) is 12.8 Å². The van der Waals surface area contributed by atoms with Crippen molar-refractivity contribution < 1.29 is 14.3 Å². The fraction of sp³-hybridized carbons (Fsp3) is 0.571. The van der Waals surface area contributed by atoms with Crippen molar-refractivity contribution >= 4 is 17.5 Å². The molecule has 1 saturated carbocycles. The number of pyridine rings is 1. The van der Waals surface area contributed by atoms with Crippen molar-refractivity contribution in [1.82, 2.24) is 4.98 Å². The molecule has 0 spiro atoms. The smallest absolute Gasteiger partial charge is 0.341 e. The van der Waals surface area contributed by atoms with Crippen LogP contribution in [0.5, 0.6) is 0 Å². The second-order valence-corrected chi connectivity index (χ2v) is 4.86. The Hall–Kier alpha value is -1.82. The molecule has 20 heavy (non-hydrogen) atoms. The van der Waals surface area contributed by atoms with Crippen molar-refractivity contribution in [3.05, 3.63) is 17.8 Å². The summed E-state index contributed by atoms with van der Waals surface area (Å²) in [5, 5.41) is 3.09. The molecule has 0 radical (unpaired) electrons. The Morgan fingerprint density at radius 2 is 2.25 bits per heavy atom. The van der Waals surface area contributed by atoms with Crippen molar-refractivity contribution in [2.75, 3.05) is 31.3 Å². The molecule has 1 fully saturated rings. The van der Waals surface area contributed by atoms with Crippen molar-refractivity contribution in [2.24, 2.45) is 0 Å². The molecule has 1 aromatic heterocycles. The maximum Gasteiger partial charge on any atom is 0.341 e. The van der Waals surface area contributed by atoms with Crippen LogP contribution in [0.1, 0.15) is 36.0 Å². The molecule has 0 unspecified atom stereocenters. The molecule has 1 aromatic rings. The molecule has 0 atom stereocenters. The van der Waals surface area contributed by atoms with E-state index in [1.165, 1.54) is 26.1 Å². The number of methoxy groups -OCH3 is 1. The highest BCUT2D eigenvalue weighted by Gasteiger charge is 2.16. The average molecular weight is 279 g/mol. The Morgan fingerprint density at radius 1 is 1.50 bits per heavy atom. The largest absolute Gasteiger partial charge is 0.465 e. The molecule has 1 heterocycles. The van der Waals surface area contributed by atoms with E-state index in [0.717, 1.165) is 12.8 Å². The van der Waals surface area contributed by atoms with Gasteiger partial charge in [0.15, 0.2) is 0 Å². The summed E-state index contributed by atoms with van der Waals surface area (Å²) in [6, 6.07) is 1.55. The summed E-state index contributed by atoms with van der Waals surface area (Å²) < 4.78 is 10.5. The van der Waals surface area contributed by atoms with Gasteiger partial charge >= 0.3 is 5.97 Å². The molecular weight excluding hydrogens is 258 g/mol. The minimum absolute atomic E-state index is 0.341. The minimum atomic E-state index is -0.455. The van der Waals surface area contributed by atoms with Crippen LogP contribution in [0, 0.1) is 0 Å². The molecule has 1 aliphatic carbocycles. The standard InChI is InChI=1S/C14H21N3O3/c1-19-14(18)12-8-10(15)9-17-13(12)16-6-7-20-11-4-2-3-5-11/h8-9,11H,2-7,15H2,1H3,(H,16,17). The lowest BCUT2D eigenvalue weighted by atomic mass is 10.2. The van der Waals surface area contributed by atoms with Crippen LogP contribution in [-0.4, -0.2) is 37.3 Å². The summed E-state index contributed by atoms with van der Waals surface area (Å²) in [6.07, 6.45) is 6.69. The highest BCUT2D eigenvalue weighted by molar-refractivity contribution is 5.95. The number of esters is 1. The first kappa shape index (κ1) is 14.6. The van der Waals surface area contributed by atoms with Gasteiger partial charge < -0.3 is 20.5 Å². The first-order chi connectivity index (χ1) is 9.70. The number of carbonyl (C=O) groups excluding carboxylic acids is 1. The SMILES string of the molecule is COC(=O)c1cc(N)cnc1NCCOC1CCCC1. The van der Waals surface area contributed by atoms with Crippen molar-refractivity contribution in [1.29, 1.82) is 0 Å². The molecular formula is C14H21N3O3. The number of hydrogen-bond donors (Lipinski definition) is 2. The van der Waals surface area contributed by atoms with E-state index >= 15 is 0 Å². The van der Waals surface area contributed by atoms with Crippen molar-refractivity contribution in [3.63, 3.8) is 0 Å². The second kappa shape index (κ2) is 7.09. The van der Waals surface area contributed by atoms with Crippen LogP contribution in [-0.2, 0) is 9.47 Å². The number of nitrogen functional groups attached to an aromatic ring is 1. The number of nitrogens with one attached hydrogen (secondary N) is 1. The van der Waals surface area contributed by atoms with E-state index in [0.29, 0.717) is 36.3 Å². The Morgan fingerprint density at radius 3 is 2.95 bits per heavy atom. The van der Waals surface area contributed by atoms with Crippen molar-refractivity contribution in [3.8, 4) is 0 Å². The highest BCUT2D eigenvalue weighted by atomic mass is 16.5. The lowest BCUT2D eigenvalue weighted by Gasteiger charge is -2.13. The molecule has 110 valence electrons. The quantitative estimate of drug-likeness (QED) is 0.610. The number of nitrogens with two attached hydrogens (primary N) is 1. The molecule has 3 N–H and O–H groups in total. The van der Waals surface area contributed by atoms with Gasteiger partial charge in [-0.05, 0) is 18.9 Å². The fourth-order valence-electron chi connectivity index (χ4n) is 2.34. The van der Waals surface area contributed by atoms with E-state index in [-0.39, 0.29) is 0 Å². The van der Waals surface area contributed by atoms with Crippen LogP contribution in [0.15, 0.2) is 12.3 Å².